The Morgan fingerprint density at radius 2 is 2.00 bits per heavy atom. The summed E-state index contributed by atoms with van der Waals surface area (Å²) in [7, 11) is -3.15. The van der Waals surface area contributed by atoms with Gasteiger partial charge in [-0.3, -0.25) is 0 Å². The molecule has 2 fully saturated rings. The molecule has 20 heavy (non-hydrogen) atoms. The minimum Gasteiger partial charge on any atom is -0.370 e. The van der Waals surface area contributed by atoms with Gasteiger partial charge >= 0.3 is 0 Å². The molecule has 1 saturated heterocycles. The molecule has 1 saturated carbocycles. The Labute approximate surface area is 123 Å². The number of hydrogen-bond donors (Lipinski definition) is 1. The number of morpholine rings is 1. The zero-order valence-electron chi connectivity index (χ0n) is 12.9. The van der Waals surface area contributed by atoms with Crippen LogP contribution in [0.15, 0.2) is 0 Å². The molecular weight excluding hydrogens is 276 g/mol. The zero-order chi connectivity index (χ0) is 14.8. The monoisotopic (exact) mass is 304 g/mol. The summed E-state index contributed by atoms with van der Waals surface area (Å²) < 4.78 is 32.1. The van der Waals surface area contributed by atoms with Crippen molar-refractivity contribution in [3.8, 4) is 0 Å². The van der Waals surface area contributed by atoms with Crippen molar-refractivity contribution in [1.82, 2.24) is 9.62 Å². The smallest absolute Gasteiger partial charge is 0.214 e. The normalized spacial score (nSPS) is 27.6. The van der Waals surface area contributed by atoms with E-state index < -0.39 is 15.6 Å². The molecule has 2 aliphatic rings. The Kier molecular flexibility index (Phi) is 5.10. The number of unbranched alkanes of at least 4 members (excludes halogenated alkanes) is 1. The fourth-order valence-electron chi connectivity index (χ4n) is 2.74. The average molecular weight is 304 g/mol. The van der Waals surface area contributed by atoms with E-state index in [4.69, 9.17) is 4.74 Å². The molecule has 1 aliphatic heterocycles. The number of nitrogens with zero attached hydrogens (tertiary/aromatic N) is 1. The summed E-state index contributed by atoms with van der Waals surface area (Å²) in [5.74, 6) is 0.252. The lowest BCUT2D eigenvalue weighted by Gasteiger charge is -2.40. The second kappa shape index (κ2) is 6.30. The maximum atomic E-state index is 12.4. The lowest BCUT2D eigenvalue weighted by Crippen LogP contribution is -2.54. The Hall–Kier alpha value is -0.170. The van der Waals surface area contributed by atoms with Gasteiger partial charge in [0.05, 0.1) is 17.5 Å². The Bertz CT molecular complexity index is 418. The van der Waals surface area contributed by atoms with Crippen molar-refractivity contribution in [3.05, 3.63) is 0 Å². The van der Waals surface area contributed by atoms with Crippen molar-refractivity contribution in [2.24, 2.45) is 0 Å². The van der Waals surface area contributed by atoms with Gasteiger partial charge in [-0.1, -0.05) is 0 Å². The summed E-state index contributed by atoms with van der Waals surface area (Å²) in [5, 5.41) is 3.41. The van der Waals surface area contributed by atoms with Crippen LogP contribution in [0.4, 0.5) is 0 Å². The molecule has 1 unspecified atom stereocenters. The average Bonchev–Trinajstić information content (AvgIpc) is 3.09. The molecular formula is C14H28N2O3S. The second-order valence-electron chi connectivity index (χ2n) is 6.73. The molecule has 1 aliphatic carbocycles. The van der Waals surface area contributed by atoms with Crippen LogP contribution in [-0.2, 0) is 14.8 Å². The molecule has 1 N–H and O–H groups in total. The quantitative estimate of drug-likeness (QED) is 0.721. The van der Waals surface area contributed by atoms with Crippen molar-refractivity contribution in [2.75, 3.05) is 25.4 Å². The highest BCUT2D eigenvalue weighted by molar-refractivity contribution is 7.89. The highest BCUT2D eigenvalue weighted by Gasteiger charge is 2.36. The van der Waals surface area contributed by atoms with Gasteiger partial charge < -0.3 is 10.1 Å². The first-order valence-electron chi connectivity index (χ1n) is 7.67. The van der Waals surface area contributed by atoms with E-state index >= 15 is 0 Å². The molecule has 0 amide bonds. The van der Waals surface area contributed by atoms with Crippen LogP contribution in [0.25, 0.3) is 0 Å². The molecule has 118 valence electrons. The Morgan fingerprint density at radius 3 is 2.60 bits per heavy atom. The standard InChI is InChI=1S/C14H28N2O3S/c1-12-10-16(11-14(2,3)19-12)20(17,18)9-5-4-8-15-13-6-7-13/h12-13,15H,4-11H2,1-3H3. The van der Waals surface area contributed by atoms with Crippen LogP contribution in [0.5, 0.6) is 0 Å². The topological polar surface area (TPSA) is 58.6 Å². The van der Waals surface area contributed by atoms with Crippen molar-refractivity contribution < 1.29 is 13.2 Å². The molecule has 0 spiro atoms. The first-order valence-corrected chi connectivity index (χ1v) is 9.28. The molecule has 0 bridgehead atoms. The highest BCUT2D eigenvalue weighted by Crippen LogP contribution is 2.23. The highest BCUT2D eigenvalue weighted by atomic mass is 32.2. The minimum atomic E-state index is -3.15. The maximum Gasteiger partial charge on any atom is 0.214 e. The fraction of sp³-hybridized carbons (Fsp3) is 1.00. The van der Waals surface area contributed by atoms with Gasteiger partial charge in [0, 0.05) is 19.1 Å². The third-order valence-corrected chi connectivity index (χ3v) is 5.64. The maximum absolute atomic E-state index is 12.4. The summed E-state index contributed by atoms with van der Waals surface area (Å²) in [6, 6.07) is 0.701. The molecule has 6 heteroatoms. The molecule has 0 aromatic carbocycles. The van der Waals surface area contributed by atoms with Crippen LogP contribution in [0, 0.1) is 0 Å². The van der Waals surface area contributed by atoms with Crippen LogP contribution in [-0.4, -0.2) is 55.9 Å². The van der Waals surface area contributed by atoms with Gasteiger partial charge in [0.15, 0.2) is 0 Å². The largest absolute Gasteiger partial charge is 0.370 e. The van der Waals surface area contributed by atoms with Gasteiger partial charge in [-0.25, -0.2) is 8.42 Å². The number of rotatable bonds is 7. The molecule has 1 heterocycles. The van der Waals surface area contributed by atoms with Crippen molar-refractivity contribution in [3.63, 3.8) is 0 Å². The lowest BCUT2D eigenvalue weighted by molar-refractivity contribution is -0.109. The minimum absolute atomic E-state index is 0.0370. The zero-order valence-corrected chi connectivity index (χ0v) is 13.7. The van der Waals surface area contributed by atoms with Gasteiger partial charge in [-0.15, -0.1) is 0 Å². The summed E-state index contributed by atoms with van der Waals surface area (Å²) in [6.07, 6.45) is 4.18. The first-order chi connectivity index (χ1) is 9.28. The van der Waals surface area contributed by atoms with E-state index in [0.29, 0.717) is 19.1 Å². The van der Waals surface area contributed by atoms with E-state index in [1.807, 2.05) is 20.8 Å². The summed E-state index contributed by atoms with van der Waals surface area (Å²) >= 11 is 0. The number of nitrogens with one attached hydrogen (secondary N) is 1. The lowest BCUT2D eigenvalue weighted by atomic mass is 10.1. The van der Waals surface area contributed by atoms with Crippen molar-refractivity contribution in [2.45, 2.75) is 64.2 Å². The van der Waals surface area contributed by atoms with Crippen LogP contribution in [0.2, 0.25) is 0 Å². The second-order valence-corrected chi connectivity index (χ2v) is 8.82. The van der Waals surface area contributed by atoms with Gasteiger partial charge in [0.25, 0.3) is 0 Å². The molecule has 5 nitrogen and oxygen atoms in total. The van der Waals surface area contributed by atoms with Gasteiger partial charge in [-0.05, 0) is 53.0 Å². The van der Waals surface area contributed by atoms with E-state index in [0.717, 1.165) is 19.4 Å². The molecule has 1 atom stereocenters. The van der Waals surface area contributed by atoms with Gasteiger partial charge in [-0.2, -0.15) is 4.31 Å². The molecule has 0 aromatic rings. The number of ether oxygens (including phenoxy) is 1. The van der Waals surface area contributed by atoms with E-state index in [-0.39, 0.29) is 11.9 Å². The molecule has 0 aromatic heterocycles. The van der Waals surface area contributed by atoms with Gasteiger partial charge in [0.1, 0.15) is 0 Å². The van der Waals surface area contributed by atoms with Crippen LogP contribution in [0.3, 0.4) is 0 Å². The van der Waals surface area contributed by atoms with E-state index in [2.05, 4.69) is 5.32 Å². The Morgan fingerprint density at radius 1 is 1.30 bits per heavy atom. The van der Waals surface area contributed by atoms with Crippen LogP contribution >= 0.6 is 0 Å². The fourth-order valence-corrected chi connectivity index (χ4v) is 4.51. The third kappa shape index (κ3) is 4.98. The van der Waals surface area contributed by atoms with E-state index in [1.54, 1.807) is 4.31 Å². The third-order valence-electron chi connectivity index (χ3n) is 3.77. The van der Waals surface area contributed by atoms with E-state index in [9.17, 15) is 8.42 Å². The van der Waals surface area contributed by atoms with Crippen LogP contribution < -0.4 is 5.32 Å². The van der Waals surface area contributed by atoms with Gasteiger partial charge in [0.2, 0.25) is 10.0 Å². The van der Waals surface area contributed by atoms with Crippen molar-refractivity contribution >= 4 is 10.0 Å². The number of sulfonamides is 1. The summed E-state index contributed by atoms with van der Waals surface area (Å²) in [5.41, 5.74) is -0.391. The number of hydrogen-bond acceptors (Lipinski definition) is 4. The van der Waals surface area contributed by atoms with E-state index in [1.165, 1.54) is 12.8 Å². The summed E-state index contributed by atoms with van der Waals surface area (Å²) in [6.45, 7) is 7.70. The predicted molar refractivity (Wildman–Crippen MR) is 80.2 cm³/mol. The molecule has 0 radical (unpaired) electrons. The predicted octanol–water partition coefficient (Wildman–Crippen LogP) is 1.35. The Balaban J connectivity index is 1.76. The first kappa shape index (κ1) is 16.2. The SMILES string of the molecule is CC1CN(S(=O)(=O)CCCCNC2CC2)CC(C)(C)O1. The van der Waals surface area contributed by atoms with Crippen LogP contribution in [0.1, 0.15) is 46.5 Å². The van der Waals surface area contributed by atoms with Crippen molar-refractivity contribution in [1.29, 1.82) is 0 Å². The summed E-state index contributed by atoms with van der Waals surface area (Å²) in [4.78, 5) is 0. The molecule has 2 rings (SSSR count).